The van der Waals surface area contributed by atoms with E-state index in [4.69, 9.17) is 16.3 Å². The third-order valence-corrected chi connectivity index (χ3v) is 5.73. The highest BCUT2D eigenvalue weighted by Crippen LogP contribution is 2.24. The van der Waals surface area contributed by atoms with Crippen LogP contribution in [0.3, 0.4) is 0 Å². The topological polar surface area (TPSA) is 44.8 Å². The fourth-order valence-corrected chi connectivity index (χ4v) is 4.03. The molecule has 3 rings (SSSR count). The van der Waals surface area contributed by atoms with E-state index in [1.165, 1.54) is 6.07 Å². The molecule has 0 bridgehead atoms. The molecule has 2 heterocycles. The molecule has 27 heavy (non-hydrogen) atoms. The summed E-state index contributed by atoms with van der Waals surface area (Å²) in [5.74, 6) is -0.203. The lowest BCUT2D eigenvalue weighted by atomic mass is 9.96. The summed E-state index contributed by atoms with van der Waals surface area (Å²) in [6, 6.07) is 4.76. The Balaban J connectivity index is 1.41. The van der Waals surface area contributed by atoms with Gasteiger partial charge < -0.3 is 10.1 Å². The molecule has 7 heteroatoms. The van der Waals surface area contributed by atoms with Crippen LogP contribution < -0.4 is 5.32 Å². The molecule has 2 fully saturated rings. The fourth-order valence-electron chi connectivity index (χ4n) is 3.80. The van der Waals surface area contributed by atoms with Gasteiger partial charge in [0.2, 0.25) is 5.91 Å². The zero-order chi connectivity index (χ0) is 19.1. The summed E-state index contributed by atoms with van der Waals surface area (Å²) in [5.41, 5.74) is 0.519. The van der Waals surface area contributed by atoms with Crippen molar-refractivity contribution in [3.05, 3.63) is 34.6 Å². The van der Waals surface area contributed by atoms with Crippen molar-refractivity contribution in [3.63, 3.8) is 0 Å². The Kier molecular flexibility index (Phi) is 7.88. The molecule has 1 N–H and O–H groups in total. The van der Waals surface area contributed by atoms with Crippen molar-refractivity contribution in [2.75, 3.05) is 52.5 Å². The van der Waals surface area contributed by atoms with Crippen molar-refractivity contribution in [2.24, 2.45) is 5.92 Å². The van der Waals surface area contributed by atoms with E-state index in [2.05, 4.69) is 15.1 Å². The third kappa shape index (κ3) is 6.14. The number of likely N-dealkylation sites (tertiary alicyclic amines) is 1. The summed E-state index contributed by atoms with van der Waals surface area (Å²) in [4.78, 5) is 17.0. The van der Waals surface area contributed by atoms with Crippen LogP contribution in [0.15, 0.2) is 18.2 Å². The first-order valence-electron chi connectivity index (χ1n) is 9.86. The molecule has 2 aliphatic rings. The molecule has 0 spiro atoms. The number of halogens is 2. The van der Waals surface area contributed by atoms with Crippen molar-refractivity contribution in [1.29, 1.82) is 0 Å². The van der Waals surface area contributed by atoms with Crippen LogP contribution in [-0.2, 0) is 16.1 Å². The van der Waals surface area contributed by atoms with Crippen LogP contribution in [0.5, 0.6) is 0 Å². The molecule has 1 unspecified atom stereocenters. The lowest BCUT2D eigenvalue weighted by molar-refractivity contribution is -0.126. The highest BCUT2D eigenvalue weighted by molar-refractivity contribution is 6.31. The number of nitrogens with zero attached hydrogens (tertiary/aromatic N) is 2. The van der Waals surface area contributed by atoms with Gasteiger partial charge >= 0.3 is 0 Å². The smallest absolute Gasteiger partial charge is 0.224 e. The Bertz CT molecular complexity index is 605. The summed E-state index contributed by atoms with van der Waals surface area (Å²) in [7, 11) is 0. The lowest BCUT2D eigenvalue weighted by Crippen LogP contribution is -2.43. The number of rotatable bonds is 7. The van der Waals surface area contributed by atoms with E-state index in [1.54, 1.807) is 12.1 Å². The van der Waals surface area contributed by atoms with Gasteiger partial charge in [0.15, 0.2) is 0 Å². The maximum Gasteiger partial charge on any atom is 0.224 e. The Morgan fingerprint density at radius 2 is 2.07 bits per heavy atom. The minimum Gasteiger partial charge on any atom is -0.379 e. The molecular formula is C20H29ClFN3O2. The summed E-state index contributed by atoms with van der Waals surface area (Å²) in [6.45, 7) is 7.22. The number of hydrogen-bond donors (Lipinski definition) is 1. The van der Waals surface area contributed by atoms with Gasteiger partial charge in [0, 0.05) is 43.3 Å². The lowest BCUT2D eigenvalue weighted by Gasteiger charge is -2.32. The largest absolute Gasteiger partial charge is 0.379 e. The van der Waals surface area contributed by atoms with E-state index in [1.807, 2.05) is 0 Å². The van der Waals surface area contributed by atoms with Gasteiger partial charge in [-0.2, -0.15) is 0 Å². The zero-order valence-corrected chi connectivity index (χ0v) is 16.5. The maximum absolute atomic E-state index is 14.0. The number of nitrogens with one attached hydrogen (secondary N) is 1. The van der Waals surface area contributed by atoms with Crippen LogP contribution in [0, 0.1) is 11.7 Å². The average molecular weight is 398 g/mol. The van der Waals surface area contributed by atoms with Crippen LogP contribution >= 0.6 is 11.6 Å². The van der Waals surface area contributed by atoms with Gasteiger partial charge in [-0.15, -0.1) is 0 Å². The number of carbonyl (C=O) groups is 1. The first-order chi connectivity index (χ1) is 13.1. The maximum atomic E-state index is 14.0. The van der Waals surface area contributed by atoms with E-state index >= 15 is 0 Å². The van der Waals surface area contributed by atoms with E-state index in [-0.39, 0.29) is 17.6 Å². The minimum absolute atomic E-state index is 0.0346. The van der Waals surface area contributed by atoms with Crippen molar-refractivity contribution in [3.8, 4) is 0 Å². The molecule has 2 aliphatic heterocycles. The Hall–Kier alpha value is -1.21. The van der Waals surface area contributed by atoms with Crippen molar-refractivity contribution in [1.82, 2.24) is 15.1 Å². The first kappa shape index (κ1) is 20.5. The second-order valence-electron chi connectivity index (χ2n) is 7.37. The SMILES string of the molecule is O=C(NCCCN1CCOCC1)C1CCCN(Cc2c(F)cccc2Cl)C1. The Morgan fingerprint density at radius 3 is 2.85 bits per heavy atom. The highest BCUT2D eigenvalue weighted by Gasteiger charge is 2.26. The summed E-state index contributed by atoms with van der Waals surface area (Å²) >= 11 is 6.14. The third-order valence-electron chi connectivity index (χ3n) is 5.37. The van der Waals surface area contributed by atoms with Gasteiger partial charge in [-0.05, 0) is 44.5 Å². The molecule has 1 aromatic carbocycles. The summed E-state index contributed by atoms with van der Waals surface area (Å²) < 4.78 is 19.4. The fraction of sp³-hybridized carbons (Fsp3) is 0.650. The number of hydrogen-bond acceptors (Lipinski definition) is 4. The predicted molar refractivity (Wildman–Crippen MR) is 104 cm³/mol. The van der Waals surface area contributed by atoms with E-state index in [0.717, 1.165) is 58.7 Å². The van der Waals surface area contributed by atoms with Crippen LogP contribution in [0.25, 0.3) is 0 Å². The molecule has 150 valence electrons. The monoisotopic (exact) mass is 397 g/mol. The Labute approximate surface area is 165 Å². The number of ether oxygens (including phenoxy) is 1. The molecule has 2 saturated heterocycles. The predicted octanol–water partition coefficient (Wildman–Crippen LogP) is 2.53. The van der Waals surface area contributed by atoms with E-state index < -0.39 is 0 Å². The molecule has 0 aromatic heterocycles. The molecule has 0 saturated carbocycles. The van der Waals surface area contributed by atoms with Crippen LogP contribution in [0.1, 0.15) is 24.8 Å². The standard InChI is InChI=1S/C20H29ClFN3O2/c21-18-5-1-6-19(22)17(18)15-25-8-2-4-16(14-25)20(26)23-7-3-9-24-10-12-27-13-11-24/h1,5-6,16H,2-4,7-15H2,(H,23,26). The summed E-state index contributed by atoms with van der Waals surface area (Å²) in [6.07, 6.45) is 2.78. The summed E-state index contributed by atoms with van der Waals surface area (Å²) in [5, 5.41) is 3.52. The molecule has 5 nitrogen and oxygen atoms in total. The van der Waals surface area contributed by atoms with Crippen molar-refractivity contribution >= 4 is 17.5 Å². The van der Waals surface area contributed by atoms with Gasteiger partial charge in [0.1, 0.15) is 5.82 Å². The molecular weight excluding hydrogens is 369 g/mol. The van der Waals surface area contributed by atoms with Crippen LogP contribution in [0.4, 0.5) is 4.39 Å². The molecule has 0 aliphatic carbocycles. The Morgan fingerprint density at radius 1 is 1.26 bits per heavy atom. The molecule has 1 atom stereocenters. The number of morpholine rings is 1. The van der Waals surface area contributed by atoms with E-state index in [9.17, 15) is 9.18 Å². The quantitative estimate of drug-likeness (QED) is 0.718. The number of amides is 1. The number of piperidine rings is 1. The highest BCUT2D eigenvalue weighted by atomic mass is 35.5. The normalized spacial score (nSPS) is 21.9. The first-order valence-corrected chi connectivity index (χ1v) is 10.2. The molecule has 1 amide bonds. The number of carbonyl (C=O) groups excluding carboxylic acids is 1. The average Bonchev–Trinajstić information content (AvgIpc) is 2.69. The van der Waals surface area contributed by atoms with Gasteiger partial charge in [0.25, 0.3) is 0 Å². The molecule has 0 radical (unpaired) electrons. The van der Waals surface area contributed by atoms with Gasteiger partial charge in [0.05, 0.1) is 19.1 Å². The van der Waals surface area contributed by atoms with Crippen LogP contribution in [-0.4, -0.2) is 68.2 Å². The second-order valence-corrected chi connectivity index (χ2v) is 7.78. The van der Waals surface area contributed by atoms with Crippen LogP contribution in [0.2, 0.25) is 5.02 Å². The van der Waals surface area contributed by atoms with Gasteiger partial charge in [-0.1, -0.05) is 17.7 Å². The van der Waals surface area contributed by atoms with Crippen molar-refractivity contribution < 1.29 is 13.9 Å². The second kappa shape index (κ2) is 10.4. The van der Waals surface area contributed by atoms with Gasteiger partial charge in [-0.25, -0.2) is 4.39 Å². The van der Waals surface area contributed by atoms with E-state index in [0.29, 0.717) is 30.2 Å². The zero-order valence-electron chi connectivity index (χ0n) is 15.8. The minimum atomic E-state index is -0.280. The van der Waals surface area contributed by atoms with Gasteiger partial charge in [-0.3, -0.25) is 14.6 Å². The molecule has 1 aromatic rings. The van der Waals surface area contributed by atoms with Crippen molar-refractivity contribution in [2.45, 2.75) is 25.8 Å². The number of benzene rings is 1.